The van der Waals surface area contributed by atoms with Crippen LogP contribution in [0.4, 0.5) is 11.9 Å². The van der Waals surface area contributed by atoms with Gasteiger partial charge in [0, 0.05) is 19.6 Å². The molecule has 1 aromatic rings. The summed E-state index contributed by atoms with van der Waals surface area (Å²) in [6, 6.07) is 0. The molecular weight excluding hydrogens is 234 g/mol. The van der Waals surface area contributed by atoms with Crippen molar-refractivity contribution in [2.45, 2.75) is 32.3 Å². The highest BCUT2D eigenvalue weighted by molar-refractivity contribution is 7.98. The van der Waals surface area contributed by atoms with Gasteiger partial charge in [-0.1, -0.05) is 18.7 Å². The molecule has 0 aliphatic carbocycles. The van der Waals surface area contributed by atoms with E-state index in [1.165, 1.54) is 0 Å². The van der Waals surface area contributed by atoms with Crippen LogP contribution in [-0.4, -0.2) is 40.8 Å². The molecule has 96 valence electrons. The van der Waals surface area contributed by atoms with Gasteiger partial charge in [0.25, 0.3) is 0 Å². The summed E-state index contributed by atoms with van der Waals surface area (Å²) in [5.74, 6) is 1.43. The Hall–Kier alpha value is -1.04. The molecule has 0 radical (unpaired) electrons. The number of nitrogens with one attached hydrogen (secondary N) is 1. The molecule has 5 nitrogen and oxygen atoms in total. The molecule has 0 bridgehead atoms. The van der Waals surface area contributed by atoms with E-state index < -0.39 is 0 Å². The molecule has 0 saturated heterocycles. The molecule has 0 aliphatic heterocycles. The Morgan fingerprint density at radius 3 is 2.35 bits per heavy atom. The number of aromatic nitrogens is 3. The Morgan fingerprint density at radius 2 is 1.82 bits per heavy atom. The summed E-state index contributed by atoms with van der Waals surface area (Å²) in [4.78, 5) is 15.3. The topological polar surface area (TPSA) is 53.9 Å². The summed E-state index contributed by atoms with van der Waals surface area (Å²) < 4.78 is 0. The lowest BCUT2D eigenvalue weighted by atomic mass is 10.5. The standard InChI is InChI=1S/C11H21N5S/c1-5-8-12-9-13-10(16(6-2)7-3)15-11(14-9)17-4/h5-8H2,1-4H3,(H,12,13,14,15). The van der Waals surface area contributed by atoms with E-state index >= 15 is 0 Å². The predicted molar refractivity (Wildman–Crippen MR) is 73.9 cm³/mol. The molecule has 0 saturated carbocycles. The van der Waals surface area contributed by atoms with E-state index in [0.29, 0.717) is 5.95 Å². The van der Waals surface area contributed by atoms with Crippen LogP contribution in [-0.2, 0) is 0 Å². The van der Waals surface area contributed by atoms with Crippen LogP contribution in [0.15, 0.2) is 5.16 Å². The average molecular weight is 255 g/mol. The number of hydrogen-bond donors (Lipinski definition) is 1. The van der Waals surface area contributed by atoms with E-state index in [1.54, 1.807) is 11.8 Å². The van der Waals surface area contributed by atoms with Crippen LogP contribution < -0.4 is 10.2 Å². The summed E-state index contributed by atoms with van der Waals surface area (Å²) in [7, 11) is 0. The predicted octanol–water partition coefficient (Wildman–Crippen LogP) is 2.26. The minimum absolute atomic E-state index is 0.674. The number of rotatable bonds is 7. The molecule has 1 heterocycles. The van der Waals surface area contributed by atoms with Crippen LogP contribution in [0.5, 0.6) is 0 Å². The van der Waals surface area contributed by atoms with E-state index in [0.717, 1.165) is 37.2 Å². The molecule has 0 aliphatic rings. The van der Waals surface area contributed by atoms with Crippen molar-refractivity contribution in [1.82, 2.24) is 15.0 Å². The third-order valence-electron chi connectivity index (χ3n) is 2.37. The van der Waals surface area contributed by atoms with Crippen molar-refractivity contribution >= 4 is 23.7 Å². The summed E-state index contributed by atoms with van der Waals surface area (Å²) in [5.41, 5.74) is 0. The lowest BCUT2D eigenvalue weighted by Gasteiger charge is -2.19. The lowest BCUT2D eigenvalue weighted by Crippen LogP contribution is -2.25. The maximum Gasteiger partial charge on any atom is 0.231 e. The fraction of sp³-hybridized carbons (Fsp3) is 0.727. The molecule has 0 spiro atoms. The van der Waals surface area contributed by atoms with Gasteiger partial charge < -0.3 is 10.2 Å². The van der Waals surface area contributed by atoms with Gasteiger partial charge >= 0.3 is 0 Å². The number of hydrogen-bond acceptors (Lipinski definition) is 6. The molecule has 0 amide bonds. The van der Waals surface area contributed by atoms with Gasteiger partial charge in [-0.2, -0.15) is 15.0 Å². The van der Waals surface area contributed by atoms with Crippen LogP contribution in [0.3, 0.4) is 0 Å². The Labute approximate surface area is 107 Å². The van der Waals surface area contributed by atoms with E-state index in [1.807, 2.05) is 6.26 Å². The fourth-order valence-electron chi connectivity index (χ4n) is 1.40. The fourth-order valence-corrected chi connectivity index (χ4v) is 1.75. The molecule has 0 aromatic carbocycles. The number of thioether (sulfide) groups is 1. The number of nitrogens with zero attached hydrogens (tertiary/aromatic N) is 4. The lowest BCUT2D eigenvalue weighted by molar-refractivity contribution is 0.781. The second-order valence-electron chi connectivity index (χ2n) is 3.54. The monoisotopic (exact) mass is 255 g/mol. The molecule has 1 rings (SSSR count). The summed E-state index contributed by atoms with van der Waals surface area (Å²) in [6.07, 6.45) is 3.03. The summed E-state index contributed by atoms with van der Waals surface area (Å²) in [6.45, 7) is 9.02. The van der Waals surface area contributed by atoms with Gasteiger partial charge in [-0.25, -0.2) is 0 Å². The average Bonchev–Trinajstić information content (AvgIpc) is 2.37. The summed E-state index contributed by atoms with van der Waals surface area (Å²) >= 11 is 1.54. The highest BCUT2D eigenvalue weighted by atomic mass is 32.2. The quantitative estimate of drug-likeness (QED) is 0.754. The molecular formula is C11H21N5S. The van der Waals surface area contributed by atoms with Gasteiger partial charge in [-0.15, -0.1) is 0 Å². The van der Waals surface area contributed by atoms with Crippen LogP contribution in [0.2, 0.25) is 0 Å². The first kappa shape index (κ1) is 14.0. The highest BCUT2D eigenvalue weighted by Crippen LogP contribution is 2.16. The summed E-state index contributed by atoms with van der Waals surface area (Å²) in [5, 5.41) is 3.97. The van der Waals surface area contributed by atoms with Crippen molar-refractivity contribution in [1.29, 1.82) is 0 Å². The van der Waals surface area contributed by atoms with Crippen molar-refractivity contribution < 1.29 is 0 Å². The largest absolute Gasteiger partial charge is 0.354 e. The van der Waals surface area contributed by atoms with Gasteiger partial charge in [-0.3, -0.25) is 0 Å². The van der Waals surface area contributed by atoms with Crippen molar-refractivity contribution in [2.75, 3.05) is 36.1 Å². The Morgan fingerprint density at radius 1 is 1.12 bits per heavy atom. The van der Waals surface area contributed by atoms with E-state index in [-0.39, 0.29) is 0 Å². The van der Waals surface area contributed by atoms with E-state index in [9.17, 15) is 0 Å². The van der Waals surface area contributed by atoms with Gasteiger partial charge in [-0.05, 0) is 26.5 Å². The van der Waals surface area contributed by atoms with Crippen molar-refractivity contribution in [3.8, 4) is 0 Å². The maximum atomic E-state index is 4.44. The van der Waals surface area contributed by atoms with Gasteiger partial charge in [0.05, 0.1) is 0 Å². The van der Waals surface area contributed by atoms with Crippen LogP contribution >= 0.6 is 11.8 Å². The first-order chi connectivity index (χ1) is 8.24. The van der Waals surface area contributed by atoms with E-state index in [2.05, 4.69) is 45.9 Å². The second kappa shape index (κ2) is 7.32. The Kier molecular flexibility index (Phi) is 6.04. The van der Waals surface area contributed by atoms with Crippen LogP contribution in [0.1, 0.15) is 27.2 Å². The van der Waals surface area contributed by atoms with Crippen molar-refractivity contribution in [3.05, 3.63) is 0 Å². The zero-order valence-corrected chi connectivity index (χ0v) is 11.8. The Balaban J connectivity index is 2.95. The first-order valence-electron chi connectivity index (χ1n) is 6.03. The normalized spacial score (nSPS) is 10.4. The van der Waals surface area contributed by atoms with Crippen LogP contribution in [0.25, 0.3) is 0 Å². The van der Waals surface area contributed by atoms with Crippen molar-refractivity contribution in [2.24, 2.45) is 0 Å². The van der Waals surface area contributed by atoms with Gasteiger partial charge in [0.1, 0.15) is 0 Å². The molecule has 0 fully saturated rings. The molecule has 1 N–H and O–H groups in total. The maximum absolute atomic E-state index is 4.44. The second-order valence-corrected chi connectivity index (χ2v) is 4.32. The molecule has 17 heavy (non-hydrogen) atoms. The smallest absolute Gasteiger partial charge is 0.231 e. The first-order valence-corrected chi connectivity index (χ1v) is 7.26. The molecule has 0 unspecified atom stereocenters. The van der Waals surface area contributed by atoms with E-state index in [4.69, 9.17) is 0 Å². The van der Waals surface area contributed by atoms with Crippen molar-refractivity contribution in [3.63, 3.8) is 0 Å². The molecule has 6 heteroatoms. The SMILES string of the molecule is CCCNc1nc(SC)nc(N(CC)CC)n1. The molecule has 0 atom stereocenters. The van der Waals surface area contributed by atoms with Crippen LogP contribution in [0, 0.1) is 0 Å². The minimum atomic E-state index is 0.674. The number of anilines is 2. The zero-order valence-electron chi connectivity index (χ0n) is 11.0. The zero-order chi connectivity index (χ0) is 12.7. The Bertz CT molecular complexity index is 341. The minimum Gasteiger partial charge on any atom is -0.354 e. The molecule has 1 aromatic heterocycles. The van der Waals surface area contributed by atoms with Gasteiger partial charge in [0.2, 0.25) is 11.9 Å². The highest BCUT2D eigenvalue weighted by Gasteiger charge is 2.10. The van der Waals surface area contributed by atoms with Gasteiger partial charge in [0.15, 0.2) is 5.16 Å². The third kappa shape index (κ3) is 4.03. The third-order valence-corrected chi connectivity index (χ3v) is 2.91.